The summed E-state index contributed by atoms with van der Waals surface area (Å²) >= 11 is 5.33. The summed E-state index contributed by atoms with van der Waals surface area (Å²) in [6.45, 7) is 0.260. The Morgan fingerprint density at radius 1 is 1.27 bits per heavy atom. The number of pyridine rings is 2. The number of carbonyl (C=O) groups is 2. The zero-order chi connectivity index (χ0) is 29.9. The van der Waals surface area contributed by atoms with E-state index in [1.165, 1.54) is 37.5 Å². The maximum absolute atomic E-state index is 13.4. The molecule has 0 radical (unpaired) electrons. The largest absolute Gasteiger partial charge is 0.405 e. The third-order valence-corrected chi connectivity index (χ3v) is 5.25. The van der Waals surface area contributed by atoms with E-state index in [9.17, 15) is 23.2 Å². The number of carbonyl (C=O) groups excluding carboxylic acids is 2. The molecule has 214 valence electrons. The number of nitrogens with two attached hydrogens (primary N) is 1. The Morgan fingerprint density at radius 2 is 2.00 bits per heavy atom. The molecule has 40 heavy (non-hydrogen) atoms. The molecule has 1 amide bonds. The summed E-state index contributed by atoms with van der Waals surface area (Å²) in [6, 6.07) is 11.0. The number of aldehydes is 1. The highest BCUT2D eigenvalue weighted by Crippen LogP contribution is 2.24. The number of aromatic nitrogens is 2. The minimum absolute atomic E-state index is 0.0176. The van der Waals surface area contributed by atoms with E-state index in [0.29, 0.717) is 17.7 Å². The zero-order valence-corrected chi connectivity index (χ0v) is 22.9. The molecule has 0 aliphatic carbocycles. The second-order valence-corrected chi connectivity index (χ2v) is 8.00. The molecule has 0 fully saturated rings. The maximum atomic E-state index is 13.4. The van der Waals surface area contributed by atoms with Crippen LogP contribution in [0.2, 0.25) is 5.02 Å². The fourth-order valence-electron chi connectivity index (χ4n) is 3.07. The minimum atomic E-state index is -0.483. The average Bonchev–Trinajstić information content (AvgIpc) is 2.97. The highest BCUT2D eigenvalue weighted by molar-refractivity contribution is 6.43. The van der Waals surface area contributed by atoms with Crippen molar-refractivity contribution >= 4 is 35.3 Å². The van der Waals surface area contributed by atoms with E-state index < -0.39 is 11.7 Å². The van der Waals surface area contributed by atoms with Crippen molar-refractivity contribution in [1.82, 2.24) is 15.3 Å². The van der Waals surface area contributed by atoms with Crippen LogP contribution in [0, 0.1) is 11.6 Å². The number of nitrogens with zero attached hydrogens (tertiary/aromatic N) is 2. The highest BCUT2D eigenvalue weighted by Gasteiger charge is 2.19. The molecule has 0 spiro atoms. The fraction of sp³-hybridized carbons (Fsp3) is 0.222. The Kier molecular flexibility index (Phi) is 15.8. The number of methoxy groups -OCH3 is 1. The number of hydrogen-bond donors (Lipinski definition) is 4. The molecule has 2 aromatic heterocycles. The van der Waals surface area contributed by atoms with Crippen LogP contribution in [-0.4, -0.2) is 62.2 Å². The SMILES string of the molecule is CN=C(/C=C\N)C(=O)NCC=O.CNc1cc(C(COC)c2cc(F)c[nH]c2=O)ccn1.Fc1ccccc1Cl. The number of hydrogen-bond acceptors (Lipinski definition) is 8. The first-order valence-corrected chi connectivity index (χ1v) is 12.1. The molecule has 0 bridgehead atoms. The average molecular weight is 577 g/mol. The number of ether oxygens (including phenoxy) is 1. The lowest BCUT2D eigenvalue weighted by Gasteiger charge is -2.16. The van der Waals surface area contributed by atoms with E-state index in [-0.39, 0.29) is 41.2 Å². The zero-order valence-electron chi connectivity index (χ0n) is 22.2. The molecule has 2 heterocycles. The Morgan fingerprint density at radius 3 is 2.55 bits per heavy atom. The van der Waals surface area contributed by atoms with Gasteiger partial charge in [0.25, 0.3) is 11.5 Å². The monoisotopic (exact) mass is 576 g/mol. The number of aromatic amines is 1. The molecule has 10 nitrogen and oxygen atoms in total. The molecule has 0 aliphatic rings. The summed E-state index contributed by atoms with van der Waals surface area (Å²) in [6.07, 6.45) is 5.85. The van der Waals surface area contributed by atoms with Crippen LogP contribution in [0.3, 0.4) is 0 Å². The lowest BCUT2D eigenvalue weighted by atomic mass is 9.93. The maximum Gasteiger partial charge on any atom is 0.269 e. The Labute approximate surface area is 235 Å². The summed E-state index contributed by atoms with van der Waals surface area (Å²) < 4.78 is 30.7. The topological polar surface area (TPSA) is 152 Å². The predicted octanol–water partition coefficient (Wildman–Crippen LogP) is 3.05. The van der Waals surface area contributed by atoms with E-state index in [1.807, 2.05) is 6.07 Å². The van der Waals surface area contributed by atoms with E-state index >= 15 is 0 Å². The molecule has 0 saturated carbocycles. The summed E-state index contributed by atoms with van der Waals surface area (Å²) in [5.74, 6) is -0.935. The first-order chi connectivity index (χ1) is 19.2. The third kappa shape index (κ3) is 11.5. The van der Waals surface area contributed by atoms with Crippen LogP contribution in [0.25, 0.3) is 0 Å². The van der Waals surface area contributed by atoms with Gasteiger partial charge in [0.1, 0.15) is 29.5 Å². The van der Waals surface area contributed by atoms with Crippen LogP contribution in [0.5, 0.6) is 0 Å². The smallest absolute Gasteiger partial charge is 0.269 e. The van der Waals surface area contributed by atoms with Crippen molar-refractivity contribution in [2.24, 2.45) is 10.7 Å². The van der Waals surface area contributed by atoms with Crippen LogP contribution < -0.4 is 21.9 Å². The van der Waals surface area contributed by atoms with Gasteiger partial charge in [-0.2, -0.15) is 0 Å². The highest BCUT2D eigenvalue weighted by atomic mass is 35.5. The van der Waals surface area contributed by atoms with E-state index in [4.69, 9.17) is 22.1 Å². The van der Waals surface area contributed by atoms with Gasteiger partial charge in [-0.25, -0.2) is 13.8 Å². The normalized spacial score (nSPS) is 11.4. The summed E-state index contributed by atoms with van der Waals surface area (Å²) in [7, 11) is 4.77. The fourth-order valence-corrected chi connectivity index (χ4v) is 3.21. The molecule has 0 saturated heterocycles. The standard InChI is InChI=1S/C14H16FN3O2.C7H11N3O2.C6H4ClF/c1-16-13-5-9(3-4-17-13)12(8-20-2)11-6-10(15)7-18-14(11)19;1-9-6(2-3-8)7(12)10-4-5-11;7-5-3-1-2-4-6(5)8/h3-7,12H,8H2,1-2H3,(H,16,17)(H,18,19);2-3,5H,4,8H2,1H3,(H,10,12);1-4H/b;3-2-,9-6?;. The van der Waals surface area contributed by atoms with Crippen molar-refractivity contribution in [1.29, 1.82) is 0 Å². The van der Waals surface area contributed by atoms with Crippen molar-refractivity contribution in [2.75, 3.05) is 39.7 Å². The van der Waals surface area contributed by atoms with Gasteiger partial charge in [-0.15, -0.1) is 0 Å². The molecular weight excluding hydrogens is 546 g/mol. The number of halogens is 3. The molecule has 1 atom stereocenters. The summed E-state index contributed by atoms with van der Waals surface area (Å²) in [4.78, 5) is 43.0. The van der Waals surface area contributed by atoms with Gasteiger partial charge in [0, 0.05) is 45.1 Å². The summed E-state index contributed by atoms with van der Waals surface area (Å²) in [5, 5.41) is 5.43. The number of rotatable bonds is 9. The van der Waals surface area contributed by atoms with Crippen LogP contribution >= 0.6 is 11.6 Å². The molecular formula is C27H31ClF2N6O4. The first-order valence-electron chi connectivity index (χ1n) is 11.7. The Balaban J connectivity index is 0.000000339. The van der Waals surface area contributed by atoms with Crippen molar-refractivity contribution in [3.05, 3.63) is 105 Å². The lowest BCUT2D eigenvalue weighted by Crippen LogP contribution is -2.31. The van der Waals surface area contributed by atoms with Crippen LogP contribution in [0.1, 0.15) is 17.0 Å². The van der Waals surface area contributed by atoms with Gasteiger partial charge in [-0.05, 0) is 48.2 Å². The Bertz CT molecular complexity index is 1330. The first kappa shape index (κ1) is 33.6. The van der Waals surface area contributed by atoms with Crippen molar-refractivity contribution in [3.63, 3.8) is 0 Å². The number of H-pyrrole nitrogens is 1. The van der Waals surface area contributed by atoms with Gasteiger partial charge in [0.2, 0.25) is 0 Å². The molecule has 1 aromatic carbocycles. The second kappa shape index (κ2) is 18.8. The molecule has 3 rings (SSSR count). The second-order valence-electron chi connectivity index (χ2n) is 7.59. The van der Waals surface area contributed by atoms with Gasteiger partial charge in [0.15, 0.2) is 0 Å². The minimum Gasteiger partial charge on any atom is -0.405 e. The number of nitrogens with one attached hydrogen (secondary N) is 3. The summed E-state index contributed by atoms with van der Waals surface area (Å²) in [5.41, 5.74) is 6.10. The van der Waals surface area contributed by atoms with Gasteiger partial charge in [-0.1, -0.05) is 23.7 Å². The van der Waals surface area contributed by atoms with Crippen LogP contribution in [0.15, 0.2) is 76.9 Å². The van der Waals surface area contributed by atoms with Gasteiger partial charge in [-0.3, -0.25) is 14.6 Å². The number of benzene rings is 1. The van der Waals surface area contributed by atoms with Crippen molar-refractivity contribution in [3.8, 4) is 0 Å². The number of amides is 1. The quantitative estimate of drug-likeness (QED) is 0.226. The van der Waals surface area contributed by atoms with Gasteiger partial charge < -0.3 is 30.9 Å². The van der Waals surface area contributed by atoms with Gasteiger partial charge >= 0.3 is 0 Å². The third-order valence-electron chi connectivity index (χ3n) is 4.95. The number of aliphatic imine (C=N–C) groups is 1. The molecule has 0 aliphatic heterocycles. The van der Waals surface area contributed by atoms with E-state index in [2.05, 4.69) is 25.6 Å². The molecule has 1 unspecified atom stereocenters. The van der Waals surface area contributed by atoms with Crippen LogP contribution in [0.4, 0.5) is 14.6 Å². The lowest BCUT2D eigenvalue weighted by molar-refractivity contribution is -0.116. The van der Waals surface area contributed by atoms with E-state index in [0.717, 1.165) is 11.8 Å². The van der Waals surface area contributed by atoms with E-state index in [1.54, 1.807) is 38.6 Å². The molecule has 5 N–H and O–H groups in total. The van der Waals surface area contributed by atoms with Crippen molar-refractivity contribution < 1.29 is 23.1 Å². The van der Waals surface area contributed by atoms with Crippen LogP contribution in [-0.2, 0) is 14.3 Å². The number of anilines is 1. The molecule has 13 heteroatoms. The molecule has 3 aromatic rings. The van der Waals surface area contributed by atoms with Gasteiger partial charge in [0.05, 0.1) is 18.2 Å². The Hall–Kier alpha value is -4.42. The van der Waals surface area contributed by atoms with Crippen molar-refractivity contribution in [2.45, 2.75) is 5.92 Å². The predicted molar refractivity (Wildman–Crippen MR) is 152 cm³/mol.